The normalized spacial score (nSPS) is 18.9. The van der Waals surface area contributed by atoms with Crippen LogP contribution in [-0.4, -0.2) is 49.4 Å². The lowest BCUT2D eigenvalue weighted by Crippen LogP contribution is -2.36. The number of nitrogens with zero attached hydrogens (tertiary/aromatic N) is 1. The van der Waals surface area contributed by atoms with Gasteiger partial charge in [0, 0.05) is 19.5 Å². The molecule has 0 aromatic rings. The average molecular weight is 256 g/mol. The number of likely N-dealkylation sites (tertiary alicyclic amines) is 1. The maximum absolute atomic E-state index is 11.7. The molecule has 1 aliphatic rings. The molecule has 0 radical (unpaired) electrons. The molecule has 1 heterocycles. The van der Waals surface area contributed by atoms with Crippen molar-refractivity contribution in [2.45, 2.75) is 26.2 Å². The zero-order chi connectivity index (χ0) is 13.5. The van der Waals surface area contributed by atoms with Crippen molar-refractivity contribution in [2.75, 3.05) is 26.7 Å². The molecule has 6 nitrogen and oxygen atoms in total. The fourth-order valence-corrected chi connectivity index (χ4v) is 1.89. The van der Waals surface area contributed by atoms with Gasteiger partial charge in [0.1, 0.15) is 6.54 Å². The van der Waals surface area contributed by atoms with Crippen molar-refractivity contribution in [2.24, 2.45) is 5.92 Å². The number of nitrogens with one attached hydrogen (secondary N) is 1. The zero-order valence-corrected chi connectivity index (χ0v) is 10.9. The number of esters is 1. The predicted molar refractivity (Wildman–Crippen MR) is 64.6 cm³/mol. The van der Waals surface area contributed by atoms with Crippen LogP contribution in [-0.2, 0) is 19.1 Å². The van der Waals surface area contributed by atoms with Crippen LogP contribution in [0.1, 0.15) is 26.2 Å². The first-order chi connectivity index (χ1) is 8.58. The largest absolute Gasteiger partial charge is 0.468 e. The molecule has 0 saturated carbocycles. The molecule has 6 heteroatoms. The van der Waals surface area contributed by atoms with Crippen molar-refractivity contribution in [3.63, 3.8) is 0 Å². The average Bonchev–Trinajstić information content (AvgIpc) is 2.74. The van der Waals surface area contributed by atoms with E-state index in [2.05, 4.69) is 17.0 Å². The molecule has 102 valence electrons. The van der Waals surface area contributed by atoms with Gasteiger partial charge in [-0.2, -0.15) is 0 Å². The molecular formula is C12H20N2O4. The minimum atomic E-state index is -0.490. The first-order valence-electron chi connectivity index (χ1n) is 6.20. The lowest BCUT2D eigenvalue weighted by molar-refractivity contribution is -0.141. The number of rotatable bonds is 6. The van der Waals surface area contributed by atoms with Gasteiger partial charge in [-0.25, -0.2) is 0 Å². The van der Waals surface area contributed by atoms with Gasteiger partial charge in [0.05, 0.1) is 13.0 Å². The van der Waals surface area contributed by atoms with Crippen molar-refractivity contribution >= 4 is 17.8 Å². The molecule has 0 spiro atoms. The van der Waals surface area contributed by atoms with E-state index in [1.165, 1.54) is 7.11 Å². The molecule has 2 amide bonds. The van der Waals surface area contributed by atoms with Crippen molar-refractivity contribution in [3.8, 4) is 0 Å². The Bertz CT molecular complexity index is 330. The summed E-state index contributed by atoms with van der Waals surface area (Å²) in [5.74, 6) is -1.08. The van der Waals surface area contributed by atoms with Crippen molar-refractivity contribution in [1.82, 2.24) is 10.2 Å². The van der Waals surface area contributed by atoms with Crippen LogP contribution in [0.25, 0.3) is 0 Å². The third-order valence-electron chi connectivity index (χ3n) is 3.00. The van der Waals surface area contributed by atoms with Gasteiger partial charge >= 0.3 is 5.97 Å². The van der Waals surface area contributed by atoms with Gasteiger partial charge in [-0.3, -0.25) is 14.4 Å². The van der Waals surface area contributed by atoms with Crippen LogP contribution in [0, 0.1) is 5.92 Å². The standard InChI is InChI=1S/C12H20N2O4/c1-3-4-5-14-8-9(6-10(14)15)12(17)13-7-11(16)18-2/h9H,3-8H2,1-2H3,(H,13,17)/t9-/m1/s1. The zero-order valence-electron chi connectivity index (χ0n) is 10.9. The second-order valence-corrected chi connectivity index (χ2v) is 4.39. The van der Waals surface area contributed by atoms with Crippen LogP contribution in [0.15, 0.2) is 0 Å². The van der Waals surface area contributed by atoms with E-state index < -0.39 is 5.97 Å². The van der Waals surface area contributed by atoms with Crippen LogP contribution in [0.4, 0.5) is 0 Å². The molecule has 1 saturated heterocycles. The Morgan fingerprint density at radius 2 is 2.22 bits per heavy atom. The van der Waals surface area contributed by atoms with Crippen molar-refractivity contribution < 1.29 is 19.1 Å². The summed E-state index contributed by atoms with van der Waals surface area (Å²) in [6, 6.07) is 0. The van der Waals surface area contributed by atoms with E-state index in [-0.39, 0.29) is 30.7 Å². The van der Waals surface area contributed by atoms with Crippen molar-refractivity contribution in [1.29, 1.82) is 0 Å². The summed E-state index contributed by atoms with van der Waals surface area (Å²) < 4.78 is 4.43. The maximum Gasteiger partial charge on any atom is 0.325 e. The van der Waals surface area contributed by atoms with Gasteiger partial charge in [-0.1, -0.05) is 13.3 Å². The number of hydrogen-bond acceptors (Lipinski definition) is 4. The van der Waals surface area contributed by atoms with Gasteiger partial charge in [-0.05, 0) is 6.42 Å². The van der Waals surface area contributed by atoms with E-state index in [4.69, 9.17) is 0 Å². The fourth-order valence-electron chi connectivity index (χ4n) is 1.89. The van der Waals surface area contributed by atoms with Gasteiger partial charge in [0.15, 0.2) is 0 Å². The highest BCUT2D eigenvalue weighted by atomic mass is 16.5. The monoisotopic (exact) mass is 256 g/mol. The quantitative estimate of drug-likeness (QED) is 0.675. The lowest BCUT2D eigenvalue weighted by atomic mass is 10.1. The summed E-state index contributed by atoms with van der Waals surface area (Å²) in [5.41, 5.74) is 0. The molecule has 1 fully saturated rings. The van der Waals surface area contributed by atoms with E-state index >= 15 is 0 Å². The number of carbonyl (C=O) groups is 3. The van der Waals surface area contributed by atoms with Crippen LogP contribution in [0.2, 0.25) is 0 Å². The van der Waals surface area contributed by atoms with Crippen molar-refractivity contribution in [3.05, 3.63) is 0 Å². The highest BCUT2D eigenvalue weighted by Crippen LogP contribution is 2.18. The Labute approximate surface area is 107 Å². The van der Waals surface area contributed by atoms with Gasteiger partial charge in [-0.15, -0.1) is 0 Å². The highest BCUT2D eigenvalue weighted by Gasteiger charge is 2.33. The molecule has 0 aromatic heterocycles. The Balaban J connectivity index is 2.37. The molecule has 0 aromatic carbocycles. The number of carbonyl (C=O) groups excluding carboxylic acids is 3. The summed E-state index contributed by atoms with van der Waals surface area (Å²) in [4.78, 5) is 36.0. The summed E-state index contributed by atoms with van der Waals surface area (Å²) in [5, 5.41) is 2.48. The molecular weight excluding hydrogens is 236 g/mol. The van der Waals surface area contributed by atoms with E-state index in [0.29, 0.717) is 13.1 Å². The Hall–Kier alpha value is -1.59. The molecule has 1 atom stereocenters. The van der Waals surface area contributed by atoms with Crippen LogP contribution in [0.3, 0.4) is 0 Å². The molecule has 1 N–H and O–H groups in total. The van der Waals surface area contributed by atoms with E-state index in [0.717, 1.165) is 12.8 Å². The van der Waals surface area contributed by atoms with Gasteiger partial charge < -0.3 is 15.0 Å². The number of hydrogen-bond donors (Lipinski definition) is 1. The molecule has 1 rings (SSSR count). The third-order valence-corrected chi connectivity index (χ3v) is 3.00. The molecule has 0 unspecified atom stereocenters. The number of amides is 2. The van der Waals surface area contributed by atoms with E-state index in [9.17, 15) is 14.4 Å². The summed E-state index contributed by atoms with van der Waals surface area (Å²) in [6.45, 7) is 3.07. The SMILES string of the molecule is CCCCN1C[C@H](C(=O)NCC(=O)OC)CC1=O. The summed E-state index contributed by atoms with van der Waals surface area (Å²) >= 11 is 0. The number of methoxy groups -OCH3 is 1. The van der Waals surface area contributed by atoms with Crippen LogP contribution >= 0.6 is 0 Å². The lowest BCUT2D eigenvalue weighted by Gasteiger charge is -2.15. The van der Waals surface area contributed by atoms with Crippen LogP contribution in [0.5, 0.6) is 0 Å². The number of ether oxygens (including phenoxy) is 1. The minimum Gasteiger partial charge on any atom is -0.468 e. The Kier molecular flexibility index (Phi) is 5.61. The second-order valence-electron chi connectivity index (χ2n) is 4.39. The molecule has 18 heavy (non-hydrogen) atoms. The summed E-state index contributed by atoms with van der Waals surface area (Å²) in [7, 11) is 1.26. The Morgan fingerprint density at radius 3 is 2.83 bits per heavy atom. The maximum atomic E-state index is 11.7. The molecule has 0 bridgehead atoms. The fraction of sp³-hybridized carbons (Fsp3) is 0.750. The Morgan fingerprint density at radius 1 is 1.50 bits per heavy atom. The van der Waals surface area contributed by atoms with Gasteiger partial charge in [0.25, 0.3) is 0 Å². The first-order valence-corrected chi connectivity index (χ1v) is 6.20. The van der Waals surface area contributed by atoms with E-state index in [1.54, 1.807) is 4.90 Å². The topological polar surface area (TPSA) is 75.7 Å². The molecule has 1 aliphatic heterocycles. The third kappa shape index (κ3) is 4.01. The van der Waals surface area contributed by atoms with E-state index in [1.807, 2.05) is 0 Å². The summed E-state index contributed by atoms with van der Waals surface area (Å²) in [6.07, 6.45) is 2.20. The predicted octanol–water partition coefficient (Wildman–Crippen LogP) is -0.0758. The number of unbranched alkanes of at least 4 members (excludes halogenated alkanes) is 1. The first kappa shape index (κ1) is 14.5. The van der Waals surface area contributed by atoms with Gasteiger partial charge in [0.2, 0.25) is 11.8 Å². The highest BCUT2D eigenvalue weighted by molar-refractivity contribution is 5.90. The second kappa shape index (κ2) is 6.98. The smallest absolute Gasteiger partial charge is 0.325 e. The minimum absolute atomic E-state index is 0.0154. The molecule has 0 aliphatic carbocycles. The van der Waals surface area contributed by atoms with Crippen LogP contribution < -0.4 is 5.32 Å².